The van der Waals surface area contributed by atoms with Crippen LogP contribution >= 0.6 is 0 Å². The molecular formula is C11H16N2O4. The summed E-state index contributed by atoms with van der Waals surface area (Å²) < 4.78 is 4.49. The van der Waals surface area contributed by atoms with Gasteiger partial charge in [0.25, 0.3) is 5.91 Å². The Labute approximate surface area is 99.0 Å². The maximum atomic E-state index is 11.6. The van der Waals surface area contributed by atoms with Crippen molar-refractivity contribution in [1.29, 1.82) is 0 Å². The molecule has 94 valence electrons. The molecule has 0 spiro atoms. The molecule has 1 amide bonds. The van der Waals surface area contributed by atoms with Gasteiger partial charge in [0.2, 0.25) is 5.76 Å². The molecule has 1 unspecified atom stereocenters. The minimum absolute atomic E-state index is 0.0154. The smallest absolute Gasteiger partial charge is 0.374 e. The topological polar surface area (TPSA) is 92.4 Å². The highest BCUT2D eigenvalue weighted by atomic mass is 16.5. The molecule has 1 rings (SSSR count). The summed E-state index contributed by atoms with van der Waals surface area (Å²) in [5, 5.41) is 14.7. The third kappa shape index (κ3) is 3.58. The Morgan fingerprint density at radius 2 is 2.12 bits per heavy atom. The van der Waals surface area contributed by atoms with Crippen molar-refractivity contribution in [2.45, 2.75) is 20.8 Å². The number of aromatic nitrogens is 1. The Kier molecular flexibility index (Phi) is 4.25. The number of carboxylic acids is 1. The number of nitrogens with one attached hydrogen (secondary N) is 1. The molecule has 1 aromatic rings. The quantitative estimate of drug-likeness (QED) is 0.811. The van der Waals surface area contributed by atoms with E-state index in [9.17, 15) is 9.59 Å². The molecule has 6 nitrogen and oxygen atoms in total. The fourth-order valence-electron chi connectivity index (χ4n) is 1.06. The van der Waals surface area contributed by atoms with Crippen molar-refractivity contribution < 1.29 is 19.2 Å². The van der Waals surface area contributed by atoms with Gasteiger partial charge in [-0.05, 0) is 11.8 Å². The van der Waals surface area contributed by atoms with E-state index in [0.29, 0.717) is 18.4 Å². The van der Waals surface area contributed by atoms with Gasteiger partial charge in [-0.3, -0.25) is 4.79 Å². The number of nitrogens with zero attached hydrogens (tertiary/aromatic N) is 1. The second-order valence-electron chi connectivity index (χ2n) is 4.31. The monoisotopic (exact) mass is 240 g/mol. The molecule has 0 bridgehead atoms. The summed E-state index contributed by atoms with van der Waals surface area (Å²) in [5.41, 5.74) is -0.0154. The summed E-state index contributed by atoms with van der Waals surface area (Å²) in [6.07, 6.45) is 0. The van der Waals surface area contributed by atoms with Crippen molar-refractivity contribution in [3.63, 3.8) is 0 Å². The summed E-state index contributed by atoms with van der Waals surface area (Å²) in [5.74, 6) is -1.21. The molecule has 0 radical (unpaired) electrons. The van der Waals surface area contributed by atoms with Crippen LogP contribution in [0.5, 0.6) is 0 Å². The van der Waals surface area contributed by atoms with Crippen molar-refractivity contribution in [3.05, 3.63) is 17.5 Å². The van der Waals surface area contributed by atoms with Crippen LogP contribution in [0, 0.1) is 11.8 Å². The molecule has 1 atom stereocenters. The third-order valence-electron chi connectivity index (χ3n) is 2.68. The number of aromatic carboxylic acids is 1. The molecule has 1 heterocycles. The van der Waals surface area contributed by atoms with Gasteiger partial charge < -0.3 is 14.9 Å². The minimum atomic E-state index is -1.24. The highest BCUT2D eigenvalue weighted by molar-refractivity contribution is 5.94. The predicted octanol–water partition coefficient (Wildman–Crippen LogP) is 1.39. The molecule has 0 saturated heterocycles. The zero-order chi connectivity index (χ0) is 13.0. The largest absolute Gasteiger partial charge is 0.475 e. The van der Waals surface area contributed by atoms with Gasteiger partial charge in [-0.2, -0.15) is 0 Å². The van der Waals surface area contributed by atoms with E-state index in [0.717, 1.165) is 6.07 Å². The second kappa shape index (κ2) is 5.47. The Morgan fingerprint density at radius 3 is 2.59 bits per heavy atom. The molecule has 1 aromatic heterocycles. The summed E-state index contributed by atoms with van der Waals surface area (Å²) in [4.78, 5) is 22.1. The molecule has 0 aliphatic carbocycles. The van der Waals surface area contributed by atoms with Crippen molar-refractivity contribution in [1.82, 2.24) is 10.5 Å². The normalized spacial score (nSPS) is 12.5. The Morgan fingerprint density at radius 1 is 1.47 bits per heavy atom. The molecule has 6 heteroatoms. The average Bonchev–Trinajstić information content (AvgIpc) is 2.74. The Bertz CT molecular complexity index is 411. The number of amides is 1. The number of hydrogen-bond acceptors (Lipinski definition) is 4. The van der Waals surface area contributed by atoms with Gasteiger partial charge in [-0.15, -0.1) is 0 Å². The van der Waals surface area contributed by atoms with Gasteiger partial charge in [0.15, 0.2) is 5.69 Å². The lowest BCUT2D eigenvalue weighted by Gasteiger charge is -2.15. The Hall–Kier alpha value is -1.85. The van der Waals surface area contributed by atoms with Gasteiger partial charge in [-0.25, -0.2) is 4.79 Å². The molecule has 0 saturated carbocycles. The van der Waals surface area contributed by atoms with Gasteiger partial charge in [0, 0.05) is 12.6 Å². The molecule has 17 heavy (non-hydrogen) atoms. The molecule has 2 N–H and O–H groups in total. The van der Waals surface area contributed by atoms with Crippen molar-refractivity contribution in [3.8, 4) is 0 Å². The third-order valence-corrected chi connectivity index (χ3v) is 2.68. The summed E-state index contributed by atoms with van der Waals surface area (Å²) in [6, 6.07) is 1.11. The van der Waals surface area contributed by atoms with Crippen molar-refractivity contribution >= 4 is 11.9 Å². The van der Waals surface area contributed by atoms with Crippen LogP contribution in [0.25, 0.3) is 0 Å². The van der Waals surface area contributed by atoms with Crippen LogP contribution in [0.15, 0.2) is 10.6 Å². The minimum Gasteiger partial charge on any atom is -0.475 e. The summed E-state index contributed by atoms with van der Waals surface area (Å²) in [6.45, 7) is 6.67. The van der Waals surface area contributed by atoms with Gasteiger partial charge >= 0.3 is 5.97 Å². The number of carboxylic acid groups (broad SMARTS) is 1. The van der Waals surface area contributed by atoms with E-state index in [1.165, 1.54) is 0 Å². The van der Waals surface area contributed by atoms with E-state index in [2.05, 4.69) is 28.8 Å². The Balaban J connectivity index is 2.55. The molecule has 0 aliphatic rings. The first kappa shape index (κ1) is 13.2. The lowest BCUT2D eigenvalue weighted by atomic mass is 9.98. The first-order chi connectivity index (χ1) is 7.91. The number of hydrogen-bond donors (Lipinski definition) is 2. The summed E-state index contributed by atoms with van der Waals surface area (Å²) >= 11 is 0. The van der Waals surface area contributed by atoms with Crippen LogP contribution in [0.1, 0.15) is 41.8 Å². The fourth-order valence-corrected chi connectivity index (χ4v) is 1.06. The fraction of sp³-hybridized carbons (Fsp3) is 0.545. The lowest BCUT2D eigenvalue weighted by molar-refractivity contribution is 0.0651. The molecule has 0 fully saturated rings. The maximum absolute atomic E-state index is 11.6. The highest BCUT2D eigenvalue weighted by Gasteiger charge is 2.17. The van der Waals surface area contributed by atoms with E-state index in [1.807, 2.05) is 6.92 Å². The van der Waals surface area contributed by atoms with E-state index in [1.54, 1.807) is 0 Å². The lowest BCUT2D eigenvalue weighted by Crippen LogP contribution is -2.30. The highest BCUT2D eigenvalue weighted by Crippen LogP contribution is 2.08. The SMILES string of the molecule is CC(C)C(C)CNC(=O)c1cc(C(=O)O)on1. The zero-order valence-corrected chi connectivity index (χ0v) is 10.1. The van der Waals surface area contributed by atoms with Crippen molar-refractivity contribution in [2.24, 2.45) is 11.8 Å². The van der Waals surface area contributed by atoms with Gasteiger partial charge in [-0.1, -0.05) is 25.9 Å². The average molecular weight is 240 g/mol. The van der Waals surface area contributed by atoms with Gasteiger partial charge in [0.05, 0.1) is 0 Å². The van der Waals surface area contributed by atoms with Crippen LogP contribution in [-0.4, -0.2) is 28.7 Å². The van der Waals surface area contributed by atoms with E-state index < -0.39 is 11.9 Å². The van der Waals surface area contributed by atoms with Crippen LogP contribution < -0.4 is 5.32 Å². The van der Waals surface area contributed by atoms with Crippen LogP contribution in [-0.2, 0) is 0 Å². The predicted molar refractivity (Wildman–Crippen MR) is 59.8 cm³/mol. The van der Waals surface area contributed by atoms with Crippen LogP contribution in [0.4, 0.5) is 0 Å². The van der Waals surface area contributed by atoms with E-state index >= 15 is 0 Å². The number of carbonyl (C=O) groups excluding carboxylic acids is 1. The zero-order valence-electron chi connectivity index (χ0n) is 10.1. The molecule has 0 aliphatic heterocycles. The molecular weight excluding hydrogens is 224 g/mol. The van der Waals surface area contributed by atoms with E-state index in [-0.39, 0.29) is 11.5 Å². The summed E-state index contributed by atoms with van der Waals surface area (Å²) in [7, 11) is 0. The number of carbonyl (C=O) groups is 2. The van der Waals surface area contributed by atoms with E-state index in [4.69, 9.17) is 5.11 Å². The van der Waals surface area contributed by atoms with Crippen LogP contribution in [0.3, 0.4) is 0 Å². The van der Waals surface area contributed by atoms with Gasteiger partial charge in [0.1, 0.15) is 0 Å². The number of rotatable bonds is 5. The van der Waals surface area contributed by atoms with Crippen molar-refractivity contribution in [2.75, 3.05) is 6.54 Å². The molecule has 0 aromatic carbocycles. The first-order valence-corrected chi connectivity index (χ1v) is 5.40. The standard InChI is InChI=1S/C11H16N2O4/c1-6(2)7(3)5-12-10(14)8-4-9(11(15)16)17-13-8/h4,6-7H,5H2,1-3H3,(H,12,14)(H,15,16). The second-order valence-corrected chi connectivity index (χ2v) is 4.31. The first-order valence-electron chi connectivity index (χ1n) is 5.40. The maximum Gasteiger partial charge on any atom is 0.374 e. The van der Waals surface area contributed by atoms with Crippen LogP contribution in [0.2, 0.25) is 0 Å².